The monoisotopic (exact) mass is 535 g/mol. The Morgan fingerprint density at radius 2 is 0.963 bits per heavy atom. The van der Waals surface area contributed by atoms with E-state index in [1.807, 2.05) is 24.5 Å². The third-order valence-electron chi connectivity index (χ3n) is 4.21. The summed E-state index contributed by atoms with van der Waals surface area (Å²) in [7, 11) is 0. The average molecular weight is 535 g/mol. The first-order valence-corrected chi connectivity index (χ1v) is 8.22. The van der Waals surface area contributed by atoms with E-state index in [0.717, 1.165) is 27.2 Å². The van der Waals surface area contributed by atoms with Crippen LogP contribution in [-0.4, -0.2) is 20.2 Å². The zero-order chi connectivity index (χ0) is 17.9. The van der Waals surface area contributed by atoms with Gasteiger partial charge in [0.2, 0.25) is 0 Å². The maximum Gasteiger partial charge on any atom is 0.157 e. The molecule has 2 N–H and O–H groups in total. The summed E-state index contributed by atoms with van der Waals surface area (Å²) in [4.78, 5) is 9.04. The summed E-state index contributed by atoms with van der Waals surface area (Å²) in [6.07, 6.45) is 3.67. The molecular formula is C22H16N2O2Pt. The van der Waals surface area contributed by atoms with Crippen LogP contribution in [0.3, 0.4) is 0 Å². The summed E-state index contributed by atoms with van der Waals surface area (Å²) < 4.78 is 0. The van der Waals surface area contributed by atoms with Crippen LogP contribution in [0.25, 0.3) is 32.6 Å². The van der Waals surface area contributed by atoms with Crippen LogP contribution in [0.5, 0.6) is 11.5 Å². The second kappa shape index (κ2) is 8.15. The van der Waals surface area contributed by atoms with E-state index in [-0.39, 0.29) is 32.6 Å². The van der Waals surface area contributed by atoms with Gasteiger partial charge >= 0.3 is 0 Å². The van der Waals surface area contributed by atoms with Crippen LogP contribution in [0, 0.1) is 0 Å². The molecule has 0 atom stereocenters. The molecule has 0 amide bonds. The Kier molecular flexibility index (Phi) is 5.68. The Labute approximate surface area is 170 Å². The molecule has 0 aliphatic heterocycles. The second-order valence-corrected chi connectivity index (χ2v) is 5.87. The topological polar surface area (TPSA) is 66.2 Å². The number of pyridine rings is 2. The fraction of sp³-hybridized carbons (Fsp3) is 0. The van der Waals surface area contributed by atoms with E-state index in [4.69, 9.17) is 10.2 Å². The summed E-state index contributed by atoms with van der Waals surface area (Å²) in [5.74, 6) is -0.153. The molecule has 0 bridgehead atoms. The van der Waals surface area contributed by atoms with Gasteiger partial charge in [0.05, 0.1) is 11.0 Å². The van der Waals surface area contributed by atoms with E-state index in [1.165, 1.54) is 17.5 Å². The normalized spacial score (nSPS) is 10.2. The number of hydrogen-bond donors (Lipinski definition) is 2. The molecule has 2 heterocycles. The smallest absolute Gasteiger partial charge is 0.157 e. The molecule has 5 heteroatoms. The van der Waals surface area contributed by atoms with Gasteiger partial charge in [-0.15, -0.1) is 0 Å². The maximum atomic E-state index is 8.67. The number of rotatable bonds is 0. The SMILES string of the molecule is Oc1ccccc1O.[Pt].c1cnc2c(c1)ccc1ccc3cccnc3c12. The van der Waals surface area contributed by atoms with Crippen LogP contribution < -0.4 is 0 Å². The van der Waals surface area contributed by atoms with Gasteiger partial charge in [-0.05, 0) is 29.7 Å². The third kappa shape index (κ3) is 3.76. The number of aromatic hydroxyl groups is 2. The first-order chi connectivity index (χ1) is 12.7. The minimum atomic E-state index is -0.0764. The predicted octanol–water partition coefficient (Wildman–Crippen LogP) is 5.03. The average Bonchev–Trinajstić information content (AvgIpc) is 2.70. The van der Waals surface area contributed by atoms with Crippen LogP contribution >= 0.6 is 0 Å². The van der Waals surface area contributed by atoms with Crippen LogP contribution in [-0.2, 0) is 21.1 Å². The van der Waals surface area contributed by atoms with E-state index in [2.05, 4.69) is 46.4 Å². The number of phenolic OH excluding ortho intramolecular Hbond substituents is 2. The molecule has 0 aliphatic rings. The van der Waals surface area contributed by atoms with Gasteiger partial charge in [-0.3, -0.25) is 9.97 Å². The molecule has 0 saturated heterocycles. The standard InChI is InChI=1S/C16H10N2.C6H6O2.Pt/c1-3-12-7-5-11-6-8-13-4-2-10-18-16(13)14(11)15(12)17-9-1;7-5-3-1-2-4-6(5)8;/h1-10H;1-4,7-8H;. The quantitative estimate of drug-likeness (QED) is 0.216. The van der Waals surface area contributed by atoms with Gasteiger partial charge in [-0.2, -0.15) is 0 Å². The summed E-state index contributed by atoms with van der Waals surface area (Å²) >= 11 is 0. The predicted molar refractivity (Wildman–Crippen MR) is 104 cm³/mol. The van der Waals surface area contributed by atoms with E-state index in [9.17, 15) is 0 Å². The van der Waals surface area contributed by atoms with E-state index in [1.54, 1.807) is 12.1 Å². The van der Waals surface area contributed by atoms with Gasteiger partial charge < -0.3 is 10.2 Å². The molecule has 0 fully saturated rings. The summed E-state index contributed by atoms with van der Waals surface area (Å²) in [5, 5.41) is 22.0. The Morgan fingerprint density at radius 1 is 0.519 bits per heavy atom. The minimum Gasteiger partial charge on any atom is -0.504 e. The summed E-state index contributed by atoms with van der Waals surface area (Å²) in [6.45, 7) is 0. The number of aromatic nitrogens is 2. The molecule has 27 heavy (non-hydrogen) atoms. The van der Waals surface area contributed by atoms with E-state index < -0.39 is 0 Å². The van der Waals surface area contributed by atoms with Crippen molar-refractivity contribution in [2.75, 3.05) is 0 Å². The van der Waals surface area contributed by atoms with Gasteiger partial charge in [0, 0.05) is 49.6 Å². The largest absolute Gasteiger partial charge is 0.504 e. The molecule has 0 saturated carbocycles. The van der Waals surface area contributed by atoms with Gasteiger partial charge in [-0.25, -0.2) is 0 Å². The van der Waals surface area contributed by atoms with Crippen molar-refractivity contribution in [2.45, 2.75) is 0 Å². The first kappa shape index (κ1) is 18.8. The number of benzene rings is 3. The van der Waals surface area contributed by atoms with Crippen molar-refractivity contribution in [3.8, 4) is 11.5 Å². The number of hydrogen-bond acceptors (Lipinski definition) is 4. The van der Waals surface area contributed by atoms with E-state index >= 15 is 0 Å². The first-order valence-electron chi connectivity index (χ1n) is 8.22. The van der Waals surface area contributed by atoms with Crippen LogP contribution in [0.4, 0.5) is 0 Å². The van der Waals surface area contributed by atoms with Gasteiger partial charge in [0.25, 0.3) is 0 Å². The maximum absolute atomic E-state index is 8.67. The summed E-state index contributed by atoms with van der Waals surface area (Å²) in [6, 6.07) is 22.7. The second-order valence-electron chi connectivity index (χ2n) is 5.87. The van der Waals surface area contributed by atoms with Crippen molar-refractivity contribution in [3.05, 3.63) is 85.2 Å². The van der Waals surface area contributed by atoms with Crippen molar-refractivity contribution in [1.82, 2.24) is 9.97 Å². The van der Waals surface area contributed by atoms with Crippen LogP contribution in [0.2, 0.25) is 0 Å². The fourth-order valence-electron chi connectivity index (χ4n) is 2.95. The molecule has 5 rings (SSSR count). The number of phenols is 2. The van der Waals surface area contributed by atoms with E-state index in [0.29, 0.717) is 0 Å². The molecular weight excluding hydrogens is 519 g/mol. The Morgan fingerprint density at radius 3 is 1.41 bits per heavy atom. The molecule has 5 aromatic rings. The number of fused-ring (bicyclic) bond motifs is 5. The molecule has 2 aromatic heterocycles. The molecule has 3 aromatic carbocycles. The van der Waals surface area contributed by atoms with Crippen molar-refractivity contribution in [3.63, 3.8) is 0 Å². The van der Waals surface area contributed by atoms with Crippen molar-refractivity contribution >= 4 is 32.6 Å². The Hall–Kier alpha value is -2.97. The molecule has 0 spiro atoms. The van der Waals surface area contributed by atoms with Crippen LogP contribution in [0.15, 0.2) is 85.2 Å². The molecule has 0 radical (unpaired) electrons. The van der Waals surface area contributed by atoms with Crippen LogP contribution in [0.1, 0.15) is 0 Å². The molecule has 136 valence electrons. The number of nitrogens with zero attached hydrogens (tertiary/aromatic N) is 2. The molecule has 0 unspecified atom stereocenters. The molecule has 4 nitrogen and oxygen atoms in total. The van der Waals surface area contributed by atoms with Gasteiger partial charge in [0.1, 0.15) is 0 Å². The third-order valence-corrected chi connectivity index (χ3v) is 4.21. The number of para-hydroxylation sites is 2. The summed E-state index contributed by atoms with van der Waals surface area (Å²) in [5.41, 5.74) is 2.05. The van der Waals surface area contributed by atoms with Gasteiger partial charge in [0.15, 0.2) is 11.5 Å². The Balaban J connectivity index is 0.000000200. The van der Waals surface area contributed by atoms with Gasteiger partial charge in [-0.1, -0.05) is 48.5 Å². The zero-order valence-corrected chi connectivity index (χ0v) is 16.5. The molecule has 0 aliphatic carbocycles. The minimum absolute atomic E-state index is 0. The van der Waals surface area contributed by atoms with Crippen molar-refractivity contribution in [2.24, 2.45) is 0 Å². The van der Waals surface area contributed by atoms with Crippen molar-refractivity contribution < 1.29 is 31.3 Å². The fourth-order valence-corrected chi connectivity index (χ4v) is 2.95. The van der Waals surface area contributed by atoms with Crippen molar-refractivity contribution in [1.29, 1.82) is 0 Å². The zero-order valence-electron chi connectivity index (χ0n) is 14.2. The Bertz CT molecular complexity index is 1130.